The van der Waals surface area contributed by atoms with Gasteiger partial charge in [-0.25, -0.2) is 4.98 Å². The molecule has 0 unspecified atom stereocenters. The molecule has 0 aliphatic carbocycles. The van der Waals surface area contributed by atoms with E-state index in [0.29, 0.717) is 0 Å². The van der Waals surface area contributed by atoms with Gasteiger partial charge in [0.15, 0.2) is 0 Å². The van der Waals surface area contributed by atoms with E-state index < -0.39 is 0 Å². The average molecular weight is 363 g/mol. The van der Waals surface area contributed by atoms with Gasteiger partial charge in [-0.15, -0.1) is 0 Å². The van der Waals surface area contributed by atoms with Crippen molar-refractivity contribution in [3.63, 3.8) is 0 Å². The highest BCUT2D eigenvalue weighted by Gasteiger charge is 2.19. The molecule has 0 atom stereocenters. The fourth-order valence-corrected chi connectivity index (χ4v) is 3.28. The van der Waals surface area contributed by atoms with E-state index in [-0.39, 0.29) is 0 Å². The zero-order valence-corrected chi connectivity index (χ0v) is 13.2. The summed E-state index contributed by atoms with van der Waals surface area (Å²) < 4.78 is 1.10. The molecule has 0 radical (unpaired) electrons. The zero-order chi connectivity index (χ0) is 12.3. The monoisotopic (exact) mass is 361 g/mol. The van der Waals surface area contributed by atoms with Crippen LogP contribution in [0.3, 0.4) is 0 Å². The fraction of sp³-hybridized carbons (Fsp3) is 0.583. The van der Waals surface area contributed by atoms with E-state index in [2.05, 4.69) is 59.6 Å². The predicted octanol–water partition coefficient (Wildman–Crippen LogP) is 2.67. The van der Waals surface area contributed by atoms with Gasteiger partial charge in [0, 0.05) is 44.3 Å². The number of aromatic nitrogens is 1. The molecule has 0 aromatic carbocycles. The van der Waals surface area contributed by atoms with Gasteiger partial charge in [-0.1, -0.05) is 15.9 Å². The lowest BCUT2D eigenvalue weighted by Crippen LogP contribution is -2.47. The molecule has 0 bridgehead atoms. The molecule has 94 valence electrons. The van der Waals surface area contributed by atoms with Crippen LogP contribution in [0, 0.1) is 6.92 Å². The molecule has 1 fully saturated rings. The maximum absolute atomic E-state index is 4.52. The molecule has 1 aliphatic rings. The van der Waals surface area contributed by atoms with Crippen LogP contribution in [0.15, 0.2) is 16.7 Å². The van der Waals surface area contributed by atoms with Gasteiger partial charge in [-0.3, -0.25) is 4.90 Å². The van der Waals surface area contributed by atoms with Crippen molar-refractivity contribution in [2.75, 3.05) is 43.0 Å². The number of piperazine rings is 1. The third-order valence-corrected chi connectivity index (χ3v) is 3.97. The molecule has 1 aromatic heterocycles. The van der Waals surface area contributed by atoms with Gasteiger partial charge in [-0.2, -0.15) is 0 Å². The first-order valence-electron chi connectivity index (χ1n) is 5.86. The highest BCUT2D eigenvalue weighted by atomic mass is 79.9. The molecule has 2 heterocycles. The molecular weight excluding hydrogens is 346 g/mol. The van der Waals surface area contributed by atoms with Crippen LogP contribution in [0.5, 0.6) is 0 Å². The summed E-state index contributed by atoms with van der Waals surface area (Å²) in [6.45, 7) is 7.55. The van der Waals surface area contributed by atoms with Crippen LogP contribution in [-0.2, 0) is 0 Å². The van der Waals surface area contributed by atoms with Crippen molar-refractivity contribution in [2.24, 2.45) is 0 Å². The minimum absolute atomic E-state index is 1.06. The minimum Gasteiger partial charge on any atom is -0.353 e. The van der Waals surface area contributed by atoms with Crippen molar-refractivity contribution in [2.45, 2.75) is 6.92 Å². The molecular formula is C12H17Br2N3. The van der Waals surface area contributed by atoms with Gasteiger partial charge in [0.1, 0.15) is 5.82 Å². The van der Waals surface area contributed by atoms with E-state index in [1.54, 1.807) is 0 Å². The number of nitrogens with zero attached hydrogens (tertiary/aromatic N) is 3. The van der Waals surface area contributed by atoms with Crippen molar-refractivity contribution >= 4 is 37.7 Å². The SMILES string of the molecule is Cc1cnc(N2CCN(CCBr)CC2)c(Br)c1. The van der Waals surface area contributed by atoms with Crippen molar-refractivity contribution < 1.29 is 0 Å². The Kier molecular flexibility index (Phi) is 4.82. The first-order valence-corrected chi connectivity index (χ1v) is 7.77. The highest BCUT2D eigenvalue weighted by Crippen LogP contribution is 2.25. The second kappa shape index (κ2) is 6.16. The zero-order valence-electron chi connectivity index (χ0n) is 9.99. The molecule has 3 nitrogen and oxygen atoms in total. The molecule has 0 amide bonds. The van der Waals surface area contributed by atoms with E-state index in [4.69, 9.17) is 0 Å². The highest BCUT2D eigenvalue weighted by molar-refractivity contribution is 9.10. The van der Waals surface area contributed by atoms with Crippen LogP contribution in [-0.4, -0.2) is 47.9 Å². The topological polar surface area (TPSA) is 19.4 Å². The van der Waals surface area contributed by atoms with Gasteiger partial charge in [0.2, 0.25) is 0 Å². The maximum Gasteiger partial charge on any atom is 0.142 e. The Morgan fingerprint density at radius 1 is 1.29 bits per heavy atom. The number of rotatable bonds is 3. The summed E-state index contributed by atoms with van der Waals surface area (Å²) in [5, 5.41) is 1.06. The normalized spacial score (nSPS) is 17.5. The average Bonchev–Trinajstić information content (AvgIpc) is 2.31. The lowest BCUT2D eigenvalue weighted by atomic mass is 10.2. The second-order valence-corrected chi connectivity index (χ2v) is 5.98. The Hall–Kier alpha value is -0.130. The van der Waals surface area contributed by atoms with Crippen LogP contribution >= 0.6 is 31.9 Å². The third-order valence-electron chi connectivity index (χ3n) is 3.03. The van der Waals surface area contributed by atoms with Crippen molar-refractivity contribution in [3.05, 3.63) is 22.3 Å². The van der Waals surface area contributed by atoms with Crippen LogP contribution in [0.1, 0.15) is 5.56 Å². The molecule has 2 rings (SSSR count). The van der Waals surface area contributed by atoms with Gasteiger partial charge >= 0.3 is 0 Å². The fourth-order valence-electron chi connectivity index (χ4n) is 2.06. The van der Waals surface area contributed by atoms with Gasteiger partial charge in [0.25, 0.3) is 0 Å². The summed E-state index contributed by atoms with van der Waals surface area (Å²) in [5.74, 6) is 1.08. The Balaban J connectivity index is 2.00. The molecule has 17 heavy (non-hydrogen) atoms. The smallest absolute Gasteiger partial charge is 0.142 e. The largest absolute Gasteiger partial charge is 0.353 e. The van der Waals surface area contributed by atoms with Crippen molar-refractivity contribution in [1.29, 1.82) is 0 Å². The number of hydrogen-bond acceptors (Lipinski definition) is 3. The van der Waals surface area contributed by atoms with Crippen LogP contribution in [0.2, 0.25) is 0 Å². The lowest BCUT2D eigenvalue weighted by Gasteiger charge is -2.35. The number of alkyl halides is 1. The summed E-state index contributed by atoms with van der Waals surface area (Å²) in [6.07, 6.45) is 1.94. The molecule has 0 saturated carbocycles. The molecule has 0 spiro atoms. The molecule has 1 aromatic rings. The molecule has 0 N–H and O–H groups in total. The third kappa shape index (κ3) is 3.42. The summed E-state index contributed by atoms with van der Waals surface area (Å²) in [5.41, 5.74) is 1.19. The summed E-state index contributed by atoms with van der Waals surface area (Å²) in [6, 6.07) is 2.13. The van der Waals surface area contributed by atoms with Crippen LogP contribution in [0.4, 0.5) is 5.82 Å². The number of aryl methyl sites for hydroxylation is 1. The summed E-state index contributed by atoms with van der Waals surface area (Å²) in [4.78, 5) is 9.36. The standard InChI is InChI=1S/C12H17Br2N3/c1-10-8-11(14)12(15-9-10)17-6-4-16(3-2-13)5-7-17/h8-9H,2-7H2,1H3. The summed E-state index contributed by atoms with van der Waals surface area (Å²) >= 11 is 7.09. The van der Waals surface area contributed by atoms with Gasteiger partial charge in [0.05, 0.1) is 4.47 Å². The Morgan fingerprint density at radius 2 is 2.00 bits per heavy atom. The number of hydrogen-bond donors (Lipinski definition) is 0. The van der Waals surface area contributed by atoms with E-state index in [1.165, 1.54) is 5.56 Å². The van der Waals surface area contributed by atoms with Crippen LogP contribution in [0.25, 0.3) is 0 Å². The molecule has 5 heteroatoms. The van der Waals surface area contributed by atoms with Crippen molar-refractivity contribution in [1.82, 2.24) is 9.88 Å². The van der Waals surface area contributed by atoms with Gasteiger partial charge in [-0.05, 0) is 34.5 Å². The number of halogens is 2. The van der Waals surface area contributed by atoms with E-state index >= 15 is 0 Å². The Bertz CT molecular complexity index is 376. The first-order chi connectivity index (χ1) is 8.20. The van der Waals surface area contributed by atoms with E-state index in [0.717, 1.165) is 48.3 Å². The lowest BCUT2D eigenvalue weighted by molar-refractivity contribution is 0.273. The number of pyridine rings is 1. The maximum atomic E-state index is 4.52. The second-order valence-electron chi connectivity index (χ2n) is 4.34. The van der Waals surface area contributed by atoms with Crippen LogP contribution < -0.4 is 4.90 Å². The molecule has 1 aliphatic heterocycles. The van der Waals surface area contributed by atoms with E-state index in [9.17, 15) is 0 Å². The first kappa shape index (κ1) is 13.3. The quantitative estimate of drug-likeness (QED) is 0.770. The van der Waals surface area contributed by atoms with Crippen molar-refractivity contribution in [3.8, 4) is 0 Å². The molecule has 1 saturated heterocycles. The minimum atomic E-state index is 1.06. The predicted molar refractivity (Wildman–Crippen MR) is 79.1 cm³/mol. The van der Waals surface area contributed by atoms with Gasteiger partial charge < -0.3 is 4.90 Å². The van der Waals surface area contributed by atoms with E-state index in [1.807, 2.05) is 6.20 Å². The summed E-state index contributed by atoms with van der Waals surface area (Å²) in [7, 11) is 0. The number of anilines is 1. The Labute approximate surface area is 119 Å². The Morgan fingerprint density at radius 3 is 2.59 bits per heavy atom.